The van der Waals surface area contributed by atoms with Gasteiger partial charge in [-0.05, 0) is 20.3 Å². The highest BCUT2D eigenvalue weighted by molar-refractivity contribution is 6.00. The number of amides is 2. The third kappa shape index (κ3) is 5.12. The molecule has 2 aliphatic rings. The number of carbonyl (C=O) groups is 2. The van der Waals surface area contributed by atoms with E-state index in [0.29, 0.717) is 12.8 Å². The van der Waals surface area contributed by atoms with Crippen molar-refractivity contribution < 1.29 is 9.59 Å². The van der Waals surface area contributed by atoms with E-state index in [0.717, 1.165) is 24.5 Å². The van der Waals surface area contributed by atoms with Gasteiger partial charge in [0.1, 0.15) is 6.04 Å². The van der Waals surface area contributed by atoms with E-state index in [1.807, 2.05) is 47.6 Å². The second-order valence-corrected chi connectivity index (χ2v) is 4.93. The molecule has 2 aliphatic heterocycles. The predicted molar refractivity (Wildman–Crippen MR) is 95.7 cm³/mol. The summed E-state index contributed by atoms with van der Waals surface area (Å²) in [7, 11) is 2.06. The van der Waals surface area contributed by atoms with Crippen molar-refractivity contribution in [1.29, 1.82) is 0 Å². The van der Waals surface area contributed by atoms with Crippen molar-refractivity contribution in [2.75, 3.05) is 20.1 Å². The standard InChI is InChI=1S/C14H21N3O2.2C2H6/c1-4-10-11(5-2)17(9-8-16(10)3)12-6-7-13(18)15-14(12)19;2*1-2/h4-5,12H,6-9H2,1-3H3,(H,15,18,19);2*1-2H3/b10-4+,11-5+;;. The van der Waals surface area contributed by atoms with Crippen molar-refractivity contribution in [3.8, 4) is 0 Å². The zero-order valence-electron chi connectivity index (χ0n) is 15.8. The van der Waals surface area contributed by atoms with Gasteiger partial charge >= 0.3 is 0 Å². The number of hydrogen-bond donors (Lipinski definition) is 1. The van der Waals surface area contributed by atoms with Gasteiger partial charge < -0.3 is 9.80 Å². The Bertz CT molecular complexity index is 455. The Morgan fingerprint density at radius 2 is 1.57 bits per heavy atom. The molecule has 23 heavy (non-hydrogen) atoms. The molecule has 2 heterocycles. The van der Waals surface area contributed by atoms with Crippen LogP contribution in [-0.2, 0) is 9.59 Å². The first-order valence-electron chi connectivity index (χ1n) is 8.73. The lowest BCUT2D eigenvalue weighted by molar-refractivity contribution is -0.137. The molecule has 1 unspecified atom stereocenters. The Morgan fingerprint density at radius 3 is 2.04 bits per heavy atom. The minimum absolute atomic E-state index is 0.163. The zero-order chi connectivity index (χ0) is 18.0. The molecular formula is C18H33N3O2. The van der Waals surface area contributed by atoms with Gasteiger partial charge in [0, 0.05) is 26.6 Å². The van der Waals surface area contributed by atoms with Gasteiger partial charge in [-0.3, -0.25) is 14.9 Å². The van der Waals surface area contributed by atoms with Crippen molar-refractivity contribution in [2.24, 2.45) is 0 Å². The Hall–Kier alpha value is -1.78. The van der Waals surface area contributed by atoms with E-state index in [9.17, 15) is 9.59 Å². The minimum atomic E-state index is -0.229. The topological polar surface area (TPSA) is 52.7 Å². The molecule has 0 saturated carbocycles. The average molecular weight is 323 g/mol. The summed E-state index contributed by atoms with van der Waals surface area (Å²) in [5.41, 5.74) is 2.21. The van der Waals surface area contributed by atoms with E-state index >= 15 is 0 Å². The quantitative estimate of drug-likeness (QED) is 0.754. The molecule has 0 aromatic carbocycles. The van der Waals surface area contributed by atoms with E-state index in [-0.39, 0.29) is 17.9 Å². The van der Waals surface area contributed by atoms with Crippen molar-refractivity contribution in [1.82, 2.24) is 15.1 Å². The number of piperidine rings is 1. The maximum Gasteiger partial charge on any atom is 0.249 e. The van der Waals surface area contributed by atoms with Crippen LogP contribution in [0.4, 0.5) is 0 Å². The molecule has 5 nitrogen and oxygen atoms in total. The Morgan fingerprint density at radius 1 is 1.00 bits per heavy atom. The Balaban J connectivity index is 0.00000112. The first-order valence-corrected chi connectivity index (χ1v) is 8.73. The number of allylic oxidation sites excluding steroid dienone is 2. The lowest BCUT2D eigenvalue weighted by atomic mass is 10.0. The fourth-order valence-electron chi connectivity index (χ4n) is 2.83. The van der Waals surface area contributed by atoms with Gasteiger partial charge in [0.15, 0.2) is 0 Å². The summed E-state index contributed by atoms with van der Waals surface area (Å²) in [5, 5.41) is 2.44. The number of hydrogen-bond acceptors (Lipinski definition) is 4. The zero-order valence-corrected chi connectivity index (χ0v) is 15.8. The van der Waals surface area contributed by atoms with Crippen molar-refractivity contribution in [2.45, 2.75) is 60.4 Å². The number of nitrogens with one attached hydrogen (secondary N) is 1. The summed E-state index contributed by atoms with van der Waals surface area (Å²) in [6.07, 6.45) is 5.12. The summed E-state index contributed by atoms with van der Waals surface area (Å²) < 4.78 is 0. The van der Waals surface area contributed by atoms with E-state index in [2.05, 4.69) is 28.2 Å². The molecule has 2 rings (SSSR count). The number of likely N-dealkylation sites (N-methyl/N-ethyl adjacent to an activating group) is 1. The van der Waals surface area contributed by atoms with Crippen LogP contribution in [0.15, 0.2) is 23.5 Å². The van der Waals surface area contributed by atoms with Gasteiger partial charge in [-0.2, -0.15) is 0 Å². The molecule has 2 saturated heterocycles. The van der Waals surface area contributed by atoms with Gasteiger partial charge in [0.25, 0.3) is 0 Å². The van der Waals surface area contributed by atoms with Gasteiger partial charge in [-0.25, -0.2) is 0 Å². The number of rotatable bonds is 1. The summed E-state index contributed by atoms with van der Waals surface area (Å²) in [6.45, 7) is 13.7. The smallest absolute Gasteiger partial charge is 0.249 e. The fraction of sp³-hybridized carbons (Fsp3) is 0.667. The van der Waals surface area contributed by atoms with Crippen molar-refractivity contribution in [3.05, 3.63) is 23.5 Å². The van der Waals surface area contributed by atoms with Crippen molar-refractivity contribution >= 4 is 11.8 Å². The molecule has 0 aromatic heterocycles. The largest absolute Gasteiger partial charge is 0.371 e. The highest BCUT2D eigenvalue weighted by atomic mass is 16.2. The minimum Gasteiger partial charge on any atom is -0.371 e. The molecule has 0 spiro atoms. The van der Waals surface area contributed by atoms with Gasteiger partial charge in [0.2, 0.25) is 11.8 Å². The monoisotopic (exact) mass is 323 g/mol. The first kappa shape index (κ1) is 21.2. The van der Waals surface area contributed by atoms with Crippen LogP contribution >= 0.6 is 0 Å². The lowest BCUT2D eigenvalue weighted by Crippen LogP contribution is -2.55. The predicted octanol–water partition coefficient (Wildman–Crippen LogP) is 2.90. The van der Waals surface area contributed by atoms with E-state index < -0.39 is 0 Å². The molecule has 0 radical (unpaired) electrons. The highest BCUT2D eigenvalue weighted by Crippen LogP contribution is 2.27. The number of piperazine rings is 1. The van der Waals surface area contributed by atoms with Crippen molar-refractivity contribution in [3.63, 3.8) is 0 Å². The molecular weight excluding hydrogens is 290 g/mol. The van der Waals surface area contributed by atoms with Crippen LogP contribution in [0.5, 0.6) is 0 Å². The third-order valence-electron chi connectivity index (χ3n) is 3.79. The van der Waals surface area contributed by atoms with Crippen LogP contribution in [-0.4, -0.2) is 47.8 Å². The van der Waals surface area contributed by atoms with Gasteiger partial charge in [-0.15, -0.1) is 0 Å². The summed E-state index contributed by atoms with van der Waals surface area (Å²) in [5.74, 6) is -0.334. The van der Waals surface area contributed by atoms with E-state index in [1.165, 1.54) is 0 Å². The first-order chi connectivity index (χ1) is 11.1. The molecule has 1 N–H and O–H groups in total. The van der Waals surface area contributed by atoms with Gasteiger partial charge in [0.05, 0.1) is 11.4 Å². The Kier molecular flexibility index (Phi) is 10.0. The molecule has 0 aromatic rings. The highest BCUT2D eigenvalue weighted by Gasteiger charge is 2.35. The lowest BCUT2D eigenvalue weighted by Gasteiger charge is -2.43. The van der Waals surface area contributed by atoms with Crippen LogP contribution < -0.4 is 5.32 Å². The van der Waals surface area contributed by atoms with Crippen LogP contribution in [0, 0.1) is 0 Å². The molecule has 1 atom stereocenters. The van der Waals surface area contributed by atoms with E-state index in [1.54, 1.807) is 0 Å². The number of imide groups is 1. The molecule has 2 amide bonds. The maximum atomic E-state index is 12.0. The summed E-state index contributed by atoms with van der Waals surface area (Å²) in [6, 6.07) is -0.229. The second kappa shape index (κ2) is 10.9. The SMILES string of the molecule is C/C=C1\C(=C/C)N(C2CCC(=O)NC2=O)CCN1C.CC.CC. The second-order valence-electron chi connectivity index (χ2n) is 4.93. The van der Waals surface area contributed by atoms with E-state index in [4.69, 9.17) is 0 Å². The Labute approximate surface area is 141 Å². The normalized spacial score (nSPS) is 24.6. The van der Waals surface area contributed by atoms with Crippen LogP contribution in [0.3, 0.4) is 0 Å². The third-order valence-corrected chi connectivity index (χ3v) is 3.79. The van der Waals surface area contributed by atoms with Crippen LogP contribution in [0.2, 0.25) is 0 Å². The van der Waals surface area contributed by atoms with Gasteiger partial charge in [-0.1, -0.05) is 39.8 Å². The van der Waals surface area contributed by atoms with Crippen LogP contribution in [0.25, 0.3) is 0 Å². The molecule has 0 bridgehead atoms. The maximum absolute atomic E-state index is 12.0. The molecule has 5 heteroatoms. The molecule has 132 valence electrons. The molecule has 2 fully saturated rings. The van der Waals surface area contributed by atoms with Crippen LogP contribution in [0.1, 0.15) is 54.4 Å². The average Bonchev–Trinajstić information content (AvgIpc) is 2.58. The summed E-state index contributed by atoms with van der Waals surface area (Å²) in [4.78, 5) is 27.6. The molecule has 0 aliphatic carbocycles. The number of nitrogens with zero attached hydrogens (tertiary/aromatic N) is 2. The summed E-state index contributed by atoms with van der Waals surface area (Å²) >= 11 is 0. The number of carbonyl (C=O) groups excluding carboxylic acids is 2. The fourth-order valence-corrected chi connectivity index (χ4v) is 2.83.